The van der Waals surface area contributed by atoms with E-state index in [1.54, 1.807) is 18.7 Å². The number of hydrogen-bond donors (Lipinski definition) is 2. The maximum atomic E-state index is 8.73. The van der Waals surface area contributed by atoms with E-state index in [9.17, 15) is 0 Å². The van der Waals surface area contributed by atoms with E-state index in [2.05, 4.69) is 10.3 Å². The molecule has 3 N–H and O–H groups in total. The van der Waals surface area contributed by atoms with Crippen molar-refractivity contribution in [3.05, 3.63) is 11.3 Å². The SMILES string of the molecule is CCCOCCOc1c(/C(N)=N/O)c(C)nn1C. The molecule has 7 heteroatoms. The third kappa shape index (κ3) is 3.36. The van der Waals surface area contributed by atoms with Crippen LogP contribution >= 0.6 is 0 Å². The van der Waals surface area contributed by atoms with Crippen molar-refractivity contribution in [1.82, 2.24) is 9.78 Å². The van der Waals surface area contributed by atoms with Crippen LogP contribution in [0.3, 0.4) is 0 Å². The lowest BCUT2D eigenvalue weighted by Gasteiger charge is -2.08. The number of nitrogens with zero attached hydrogens (tertiary/aromatic N) is 3. The number of hydrogen-bond acceptors (Lipinski definition) is 5. The minimum Gasteiger partial charge on any atom is -0.475 e. The Morgan fingerprint density at radius 2 is 2.17 bits per heavy atom. The maximum absolute atomic E-state index is 8.73. The van der Waals surface area contributed by atoms with E-state index < -0.39 is 0 Å². The average Bonchev–Trinajstić information content (AvgIpc) is 2.63. The fourth-order valence-corrected chi connectivity index (χ4v) is 1.59. The van der Waals surface area contributed by atoms with Gasteiger partial charge in [-0.2, -0.15) is 5.10 Å². The Labute approximate surface area is 106 Å². The molecule has 0 atom stereocenters. The minimum absolute atomic E-state index is 0.00919. The first-order chi connectivity index (χ1) is 8.61. The molecule has 0 bridgehead atoms. The second-order valence-corrected chi connectivity index (χ2v) is 3.84. The van der Waals surface area contributed by atoms with E-state index in [1.165, 1.54) is 0 Å². The molecule has 0 aliphatic heterocycles. The molecular weight excluding hydrogens is 236 g/mol. The molecule has 0 unspecified atom stereocenters. The van der Waals surface area contributed by atoms with E-state index in [4.69, 9.17) is 20.4 Å². The summed E-state index contributed by atoms with van der Waals surface area (Å²) >= 11 is 0. The van der Waals surface area contributed by atoms with Crippen LogP contribution in [0.15, 0.2) is 5.16 Å². The Morgan fingerprint density at radius 3 is 2.78 bits per heavy atom. The summed E-state index contributed by atoms with van der Waals surface area (Å²) in [5.41, 5.74) is 6.76. The molecule has 0 spiro atoms. The summed E-state index contributed by atoms with van der Waals surface area (Å²) < 4.78 is 12.4. The van der Waals surface area contributed by atoms with Crippen molar-refractivity contribution in [2.45, 2.75) is 20.3 Å². The number of rotatable bonds is 7. The number of oxime groups is 1. The van der Waals surface area contributed by atoms with Gasteiger partial charge in [0.1, 0.15) is 12.2 Å². The topological polar surface area (TPSA) is 94.9 Å². The highest BCUT2D eigenvalue weighted by atomic mass is 16.5. The molecule has 0 saturated carbocycles. The van der Waals surface area contributed by atoms with Crippen molar-refractivity contribution in [1.29, 1.82) is 0 Å². The van der Waals surface area contributed by atoms with E-state index in [0.29, 0.717) is 37.0 Å². The van der Waals surface area contributed by atoms with Gasteiger partial charge in [-0.25, -0.2) is 4.68 Å². The van der Waals surface area contributed by atoms with Gasteiger partial charge in [0, 0.05) is 13.7 Å². The smallest absolute Gasteiger partial charge is 0.223 e. The Hall–Kier alpha value is -1.76. The van der Waals surface area contributed by atoms with Gasteiger partial charge in [-0.3, -0.25) is 0 Å². The van der Waals surface area contributed by atoms with Crippen molar-refractivity contribution in [3.63, 3.8) is 0 Å². The summed E-state index contributed by atoms with van der Waals surface area (Å²) in [5.74, 6) is 0.466. The number of aryl methyl sites for hydroxylation is 2. The summed E-state index contributed by atoms with van der Waals surface area (Å²) in [5, 5.41) is 15.9. The zero-order chi connectivity index (χ0) is 13.5. The summed E-state index contributed by atoms with van der Waals surface area (Å²) in [6, 6.07) is 0. The first-order valence-corrected chi connectivity index (χ1v) is 5.83. The Kier molecular flexibility index (Phi) is 5.44. The van der Waals surface area contributed by atoms with Gasteiger partial charge in [0.2, 0.25) is 5.88 Å². The summed E-state index contributed by atoms with van der Waals surface area (Å²) in [7, 11) is 1.74. The second-order valence-electron chi connectivity index (χ2n) is 3.84. The van der Waals surface area contributed by atoms with Crippen LogP contribution in [-0.4, -0.2) is 40.6 Å². The predicted octanol–water partition coefficient (Wildman–Crippen LogP) is 0.628. The quantitative estimate of drug-likeness (QED) is 0.245. The summed E-state index contributed by atoms with van der Waals surface area (Å²) in [6.45, 7) is 5.41. The van der Waals surface area contributed by atoms with E-state index in [0.717, 1.165) is 6.42 Å². The largest absolute Gasteiger partial charge is 0.475 e. The Balaban J connectivity index is 2.70. The molecule has 18 heavy (non-hydrogen) atoms. The van der Waals surface area contributed by atoms with Crippen molar-refractivity contribution in [2.75, 3.05) is 19.8 Å². The van der Waals surface area contributed by atoms with E-state index in [-0.39, 0.29) is 5.84 Å². The number of aromatic nitrogens is 2. The summed E-state index contributed by atoms with van der Waals surface area (Å²) in [4.78, 5) is 0. The molecule has 0 aromatic carbocycles. The lowest BCUT2D eigenvalue weighted by atomic mass is 10.2. The third-order valence-corrected chi connectivity index (χ3v) is 2.35. The first-order valence-electron chi connectivity index (χ1n) is 5.83. The van der Waals surface area contributed by atoms with Crippen LogP contribution in [0.4, 0.5) is 0 Å². The molecule has 0 fully saturated rings. The average molecular weight is 256 g/mol. The molecule has 1 aromatic rings. The second kappa shape index (κ2) is 6.85. The normalized spacial score (nSPS) is 11.8. The monoisotopic (exact) mass is 256 g/mol. The van der Waals surface area contributed by atoms with Crippen LogP contribution in [0.2, 0.25) is 0 Å². The van der Waals surface area contributed by atoms with E-state index >= 15 is 0 Å². The van der Waals surface area contributed by atoms with E-state index in [1.807, 2.05) is 6.92 Å². The highest BCUT2D eigenvalue weighted by molar-refractivity contribution is 6.00. The molecule has 0 radical (unpaired) electrons. The molecule has 0 saturated heterocycles. The van der Waals surface area contributed by atoms with Crippen molar-refractivity contribution >= 4 is 5.84 Å². The third-order valence-electron chi connectivity index (χ3n) is 2.35. The zero-order valence-corrected chi connectivity index (χ0v) is 11.0. The van der Waals surface area contributed by atoms with Crippen LogP contribution in [0.25, 0.3) is 0 Å². The molecule has 0 aliphatic carbocycles. The highest BCUT2D eigenvalue weighted by Gasteiger charge is 2.18. The first kappa shape index (κ1) is 14.3. The van der Waals surface area contributed by atoms with Gasteiger partial charge in [-0.1, -0.05) is 12.1 Å². The predicted molar refractivity (Wildman–Crippen MR) is 67.1 cm³/mol. The molecule has 1 rings (SSSR count). The van der Waals surface area contributed by atoms with Gasteiger partial charge in [0.05, 0.1) is 12.3 Å². The maximum Gasteiger partial charge on any atom is 0.223 e. The van der Waals surface area contributed by atoms with Crippen LogP contribution in [-0.2, 0) is 11.8 Å². The van der Waals surface area contributed by atoms with Gasteiger partial charge >= 0.3 is 0 Å². The fourth-order valence-electron chi connectivity index (χ4n) is 1.59. The Bertz CT molecular complexity index is 415. The molecule has 1 aromatic heterocycles. The number of amidine groups is 1. The van der Waals surface area contributed by atoms with Gasteiger partial charge < -0.3 is 20.4 Å². The van der Waals surface area contributed by atoms with Crippen LogP contribution in [0.1, 0.15) is 24.6 Å². The lowest BCUT2D eigenvalue weighted by Crippen LogP contribution is -2.17. The minimum atomic E-state index is -0.00919. The molecule has 7 nitrogen and oxygen atoms in total. The van der Waals surface area contributed by atoms with Crippen LogP contribution < -0.4 is 10.5 Å². The van der Waals surface area contributed by atoms with Crippen molar-refractivity contribution in [2.24, 2.45) is 17.9 Å². The van der Waals surface area contributed by atoms with Crippen LogP contribution in [0.5, 0.6) is 5.88 Å². The van der Waals surface area contributed by atoms with Crippen molar-refractivity contribution in [3.8, 4) is 5.88 Å². The van der Waals surface area contributed by atoms with Gasteiger partial charge in [-0.15, -0.1) is 0 Å². The zero-order valence-electron chi connectivity index (χ0n) is 11.0. The molecule has 1 heterocycles. The molecular formula is C11H20N4O3. The van der Waals surface area contributed by atoms with Gasteiger partial charge in [0.15, 0.2) is 5.84 Å². The lowest BCUT2D eigenvalue weighted by molar-refractivity contribution is 0.0973. The standard InChI is InChI=1S/C11H20N4O3/c1-4-5-17-6-7-18-11-9(10(12)14-16)8(2)13-15(11)3/h16H,4-7H2,1-3H3,(H2,12,14). The van der Waals surface area contributed by atoms with Crippen molar-refractivity contribution < 1.29 is 14.7 Å². The fraction of sp³-hybridized carbons (Fsp3) is 0.636. The number of ether oxygens (including phenoxy) is 2. The molecule has 0 aliphatic rings. The van der Waals surface area contributed by atoms with Gasteiger partial charge in [-0.05, 0) is 13.3 Å². The van der Waals surface area contributed by atoms with Crippen LogP contribution in [0, 0.1) is 6.92 Å². The summed E-state index contributed by atoms with van der Waals surface area (Å²) in [6.07, 6.45) is 0.972. The molecule has 102 valence electrons. The molecule has 0 amide bonds. The number of nitrogens with two attached hydrogens (primary N) is 1. The highest BCUT2D eigenvalue weighted by Crippen LogP contribution is 2.20. The van der Waals surface area contributed by atoms with Gasteiger partial charge in [0.25, 0.3) is 0 Å². The Morgan fingerprint density at radius 1 is 1.44 bits per heavy atom.